The fourth-order valence-electron chi connectivity index (χ4n) is 2.92. The van der Waals surface area contributed by atoms with Gasteiger partial charge in [-0.3, -0.25) is 9.69 Å². The molecule has 0 spiro atoms. The maximum atomic E-state index is 12.0. The van der Waals surface area contributed by atoms with Crippen molar-refractivity contribution in [3.63, 3.8) is 0 Å². The summed E-state index contributed by atoms with van der Waals surface area (Å²) in [4.78, 5) is 14.0. The van der Waals surface area contributed by atoms with Gasteiger partial charge in [0.15, 0.2) is 9.84 Å². The predicted molar refractivity (Wildman–Crippen MR) is 73.5 cm³/mol. The predicted octanol–water partition coefficient (Wildman–Crippen LogP) is -0.897. The van der Waals surface area contributed by atoms with Crippen LogP contribution in [-0.2, 0) is 14.6 Å². The van der Waals surface area contributed by atoms with Crippen molar-refractivity contribution >= 4 is 15.7 Å². The number of nitrogens with zero attached hydrogens (tertiary/aromatic N) is 1. The van der Waals surface area contributed by atoms with E-state index in [0.29, 0.717) is 13.0 Å². The number of piperidine rings is 1. The summed E-state index contributed by atoms with van der Waals surface area (Å²) in [5, 5.41) is 2.87. The molecular weight excluding hydrogens is 266 g/mol. The summed E-state index contributed by atoms with van der Waals surface area (Å²) in [6.45, 7) is 3.74. The summed E-state index contributed by atoms with van der Waals surface area (Å²) >= 11 is 0. The third kappa shape index (κ3) is 4.15. The second-order valence-electron chi connectivity index (χ2n) is 6.09. The van der Waals surface area contributed by atoms with E-state index >= 15 is 0 Å². The number of carbonyl (C=O) groups excluding carboxylic acids is 1. The molecule has 2 aliphatic heterocycles. The minimum absolute atomic E-state index is 0.0469. The molecule has 1 amide bonds. The Balaban J connectivity index is 1.84. The van der Waals surface area contributed by atoms with E-state index in [1.54, 1.807) is 6.92 Å². The summed E-state index contributed by atoms with van der Waals surface area (Å²) in [5.74, 6) is 0.109. The summed E-state index contributed by atoms with van der Waals surface area (Å²) < 4.78 is 23.0. The molecule has 3 N–H and O–H groups in total. The molecule has 1 unspecified atom stereocenters. The molecule has 0 radical (unpaired) electrons. The quantitative estimate of drug-likeness (QED) is 0.702. The number of carbonyl (C=O) groups is 1. The van der Waals surface area contributed by atoms with Gasteiger partial charge in [-0.25, -0.2) is 8.42 Å². The van der Waals surface area contributed by atoms with Gasteiger partial charge in [-0.15, -0.1) is 0 Å². The van der Waals surface area contributed by atoms with Crippen LogP contribution in [0.25, 0.3) is 0 Å². The van der Waals surface area contributed by atoms with E-state index in [4.69, 9.17) is 5.73 Å². The molecule has 0 aliphatic carbocycles. The normalized spacial score (nSPS) is 35.2. The zero-order valence-corrected chi connectivity index (χ0v) is 12.2. The number of amides is 1. The highest BCUT2D eigenvalue weighted by molar-refractivity contribution is 7.91. The van der Waals surface area contributed by atoms with Crippen LogP contribution in [0.5, 0.6) is 0 Å². The van der Waals surface area contributed by atoms with Crippen LogP contribution in [0.4, 0.5) is 0 Å². The van der Waals surface area contributed by atoms with Gasteiger partial charge in [0.05, 0.1) is 23.6 Å². The van der Waals surface area contributed by atoms with Gasteiger partial charge in [0.2, 0.25) is 5.91 Å². The molecule has 2 rings (SSSR count). The first-order chi connectivity index (χ1) is 8.78. The maximum absolute atomic E-state index is 12.0. The lowest BCUT2D eigenvalue weighted by Gasteiger charge is -2.31. The molecule has 2 saturated heterocycles. The Hall–Kier alpha value is -0.660. The molecule has 6 nitrogen and oxygen atoms in total. The maximum Gasteiger partial charge on any atom is 0.234 e. The number of hydrogen-bond donors (Lipinski definition) is 2. The van der Waals surface area contributed by atoms with Gasteiger partial charge in [-0.1, -0.05) is 0 Å². The molecule has 110 valence electrons. The smallest absolute Gasteiger partial charge is 0.234 e. The average molecular weight is 289 g/mol. The van der Waals surface area contributed by atoms with E-state index in [1.165, 1.54) is 0 Å². The van der Waals surface area contributed by atoms with Crippen molar-refractivity contribution in [3.8, 4) is 0 Å². The molecule has 2 heterocycles. The highest BCUT2D eigenvalue weighted by Gasteiger charge is 2.39. The lowest BCUT2D eigenvalue weighted by atomic mass is 10.0. The van der Waals surface area contributed by atoms with Crippen LogP contribution in [0, 0.1) is 0 Å². The topological polar surface area (TPSA) is 92.5 Å². The van der Waals surface area contributed by atoms with Crippen molar-refractivity contribution in [2.24, 2.45) is 5.73 Å². The van der Waals surface area contributed by atoms with E-state index in [-0.39, 0.29) is 23.5 Å². The number of nitrogens with two attached hydrogens (primary N) is 1. The average Bonchev–Trinajstić information content (AvgIpc) is 2.52. The van der Waals surface area contributed by atoms with Crippen LogP contribution in [0.2, 0.25) is 0 Å². The zero-order chi connectivity index (χ0) is 14.1. The zero-order valence-electron chi connectivity index (χ0n) is 11.4. The van der Waals surface area contributed by atoms with Crippen LogP contribution in [0.15, 0.2) is 0 Å². The highest BCUT2D eigenvalue weighted by Crippen LogP contribution is 2.22. The number of nitrogens with one attached hydrogen (secondary N) is 1. The Morgan fingerprint density at radius 1 is 1.53 bits per heavy atom. The SMILES string of the molecule is CC1(NC(=O)CN2CCC[C@@H](N)C2)CCS(=O)(=O)C1. The molecular formula is C12H23N3O3S. The van der Waals surface area contributed by atoms with Gasteiger partial charge in [0.1, 0.15) is 0 Å². The fourth-order valence-corrected chi connectivity index (χ4v) is 5.02. The largest absolute Gasteiger partial charge is 0.349 e. The number of sulfone groups is 1. The van der Waals surface area contributed by atoms with Crippen LogP contribution in [0.3, 0.4) is 0 Å². The fraction of sp³-hybridized carbons (Fsp3) is 0.917. The second kappa shape index (κ2) is 5.38. The van der Waals surface area contributed by atoms with E-state index < -0.39 is 15.4 Å². The summed E-state index contributed by atoms with van der Waals surface area (Å²) in [6.07, 6.45) is 2.52. The van der Waals surface area contributed by atoms with Gasteiger partial charge in [0, 0.05) is 12.6 Å². The van der Waals surface area contributed by atoms with Gasteiger partial charge in [-0.2, -0.15) is 0 Å². The summed E-state index contributed by atoms with van der Waals surface area (Å²) in [7, 11) is -2.99. The highest BCUT2D eigenvalue weighted by atomic mass is 32.2. The number of rotatable bonds is 3. The molecule has 0 bridgehead atoms. The molecule has 0 saturated carbocycles. The third-order valence-electron chi connectivity index (χ3n) is 3.85. The van der Waals surface area contributed by atoms with Crippen LogP contribution >= 0.6 is 0 Å². The number of hydrogen-bond acceptors (Lipinski definition) is 5. The minimum Gasteiger partial charge on any atom is -0.349 e. The van der Waals surface area contributed by atoms with Gasteiger partial charge in [0.25, 0.3) is 0 Å². The van der Waals surface area contributed by atoms with E-state index in [2.05, 4.69) is 5.32 Å². The standard InChI is InChI=1S/C12H23N3O3S/c1-12(4-6-19(17,18)9-12)14-11(16)8-15-5-2-3-10(13)7-15/h10H,2-9,13H2,1H3,(H,14,16)/t10-,12?/m1/s1. The molecule has 0 aromatic heterocycles. The Morgan fingerprint density at radius 3 is 2.84 bits per heavy atom. The van der Waals surface area contributed by atoms with Crippen molar-refractivity contribution in [2.45, 2.75) is 37.8 Å². The lowest BCUT2D eigenvalue weighted by Crippen LogP contribution is -2.52. The Kier molecular flexibility index (Phi) is 4.17. The number of likely N-dealkylation sites (tertiary alicyclic amines) is 1. The molecule has 2 aliphatic rings. The first-order valence-electron chi connectivity index (χ1n) is 6.77. The summed E-state index contributed by atoms with van der Waals surface area (Å²) in [6, 6.07) is 0.143. The molecule has 19 heavy (non-hydrogen) atoms. The minimum atomic E-state index is -2.99. The third-order valence-corrected chi connectivity index (χ3v) is 5.76. The van der Waals surface area contributed by atoms with E-state index in [9.17, 15) is 13.2 Å². The second-order valence-corrected chi connectivity index (χ2v) is 8.27. The van der Waals surface area contributed by atoms with E-state index in [1.807, 2.05) is 4.90 Å². The van der Waals surface area contributed by atoms with Crippen molar-refractivity contribution in [3.05, 3.63) is 0 Å². The van der Waals surface area contributed by atoms with Crippen molar-refractivity contribution in [1.82, 2.24) is 10.2 Å². The molecule has 2 atom stereocenters. The monoisotopic (exact) mass is 289 g/mol. The van der Waals surface area contributed by atoms with E-state index in [0.717, 1.165) is 25.9 Å². The van der Waals surface area contributed by atoms with Crippen molar-refractivity contribution in [2.75, 3.05) is 31.1 Å². The first-order valence-corrected chi connectivity index (χ1v) is 8.60. The molecule has 7 heteroatoms. The van der Waals surface area contributed by atoms with Crippen molar-refractivity contribution < 1.29 is 13.2 Å². The van der Waals surface area contributed by atoms with Gasteiger partial charge in [-0.05, 0) is 32.7 Å². The van der Waals surface area contributed by atoms with Crippen LogP contribution in [-0.4, -0.2) is 61.9 Å². The Morgan fingerprint density at radius 2 is 2.26 bits per heavy atom. The van der Waals surface area contributed by atoms with Crippen molar-refractivity contribution in [1.29, 1.82) is 0 Å². The van der Waals surface area contributed by atoms with Crippen LogP contribution in [0.1, 0.15) is 26.2 Å². The van der Waals surface area contributed by atoms with Gasteiger partial charge >= 0.3 is 0 Å². The molecule has 0 aromatic rings. The summed E-state index contributed by atoms with van der Waals surface area (Å²) in [5.41, 5.74) is 5.27. The van der Waals surface area contributed by atoms with Gasteiger partial charge < -0.3 is 11.1 Å². The molecule has 0 aromatic carbocycles. The molecule has 2 fully saturated rings. The Labute approximate surface area is 114 Å². The Bertz CT molecular complexity index is 451. The van der Waals surface area contributed by atoms with Crippen LogP contribution < -0.4 is 11.1 Å². The first kappa shape index (κ1) is 14.7. The lowest BCUT2D eigenvalue weighted by molar-refractivity contribution is -0.124.